The average Bonchev–Trinajstić information content (AvgIpc) is 3.26. The molecule has 2 aromatic heterocycles. The van der Waals surface area contributed by atoms with Gasteiger partial charge in [-0.3, -0.25) is 14.4 Å². The monoisotopic (exact) mass is 505 g/mol. The molecule has 1 unspecified atom stereocenters. The molecule has 3 aliphatic heterocycles. The number of piperidine rings is 1. The number of hydrogen-bond acceptors (Lipinski definition) is 6. The van der Waals surface area contributed by atoms with Gasteiger partial charge in [-0.05, 0) is 52.7 Å². The fourth-order valence-corrected chi connectivity index (χ4v) is 5.38. The van der Waals surface area contributed by atoms with Gasteiger partial charge in [-0.2, -0.15) is 5.10 Å². The van der Waals surface area contributed by atoms with Crippen molar-refractivity contribution in [1.29, 1.82) is 0 Å². The van der Waals surface area contributed by atoms with Gasteiger partial charge < -0.3 is 15.5 Å². The van der Waals surface area contributed by atoms with Crippen LogP contribution in [-0.4, -0.2) is 75.8 Å². The largest absolute Gasteiger partial charge is 0.351 e. The lowest BCUT2D eigenvalue weighted by molar-refractivity contribution is -0.138. The Labute approximate surface area is 216 Å². The van der Waals surface area contributed by atoms with E-state index in [0.717, 1.165) is 37.2 Å². The molecule has 2 saturated heterocycles. The van der Waals surface area contributed by atoms with Gasteiger partial charge in [0.25, 0.3) is 11.8 Å². The molecule has 5 rings (SSSR count). The Bertz CT molecular complexity index is 1300. The highest BCUT2D eigenvalue weighted by Crippen LogP contribution is 2.31. The fourth-order valence-electron chi connectivity index (χ4n) is 5.38. The standard InChI is InChI=1S/C27H35N7O3/c1-15(2)34-24-22(14-30-34)20(25(35)29-13-21-16(3)9-17(4)31-26(21)36)10-23(32-24)18-5-7-33(8-6-18)27(37)19-11-28-12-19/h9-10,14-15,18-19,21,28H,5-8,11-13H2,1-4H3,(H,29,35). The third kappa shape index (κ3) is 4.94. The molecule has 10 nitrogen and oxygen atoms in total. The maximum Gasteiger partial charge on any atom is 0.254 e. The number of rotatable bonds is 6. The van der Waals surface area contributed by atoms with Gasteiger partial charge in [0.1, 0.15) is 0 Å². The molecule has 0 saturated carbocycles. The topological polar surface area (TPSA) is 122 Å². The first kappa shape index (κ1) is 25.3. The Hall–Kier alpha value is -3.40. The Morgan fingerprint density at radius 2 is 1.92 bits per heavy atom. The summed E-state index contributed by atoms with van der Waals surface area (Å²) >= 11 is 0. The van der Waals surface area contributed by atoms with Crippen molar-refractivity contribution in [3.63, 3.8) is 0 Å². The zero-order valence-electron chi connectivity index (χ0n) is 22.0. The molecule has 5 heterocycles. The second kappa shape index (κ2) is 10.2. The van der Waals surface area contributed by atoms with E-state index in [0.29, 0.717) is 35.4 Å². The lowest BCUT2D eigenvalue weighted by Crippen LogP contribution is -2.53. The zero-order valence-corrected chi connectivity index (χ0v) is 22.0. The molecule has 3 amide bonds. The van der Waals surface area contributed by atoms with Gasteiger partial charge in [-0.25, -0.2) is 14.7 Å². The van der Waals surface area contributed by atoms with Crippen molar-refractivity contribution < 1.29 is 14.4 Å². The molecule has 0 aromatic carbocycles. The number of dihydropyridines is 1. The molecule has 37 heavy (non-hydrogen) atoms. The Kier molecular flexibility index (Phi) is 6.94. The van der Waals surface area contributed by atoms with E-state index in [1.54, 1.807) is 13.1 Å². The number of likely N-dealkylation sites (tertiary alicyclic amines) is 1. The van der Waals surface area contributed by atoms with Crippen LogP contribution in [0.5, 0.6) is 0 Å². The summed E-state index contributed by atoms with van der Waals surface area (Å²) in [6, 6.07) is 1.95. The lowest BCUT2D eigenvalue weighted by atomic mass is 9.90. The van der Waals surface area contributed by atoms with E-state index < -0.39 is 5.92 Å². The van der Waals surface area contributed by atoms with Crippen molar-refractivity contribution in [1.82, 2.24) is 30.3 Å². The first-order valence-corrected chi connectivity index (χ1v) is 13.2. The minimum atomic E-state index is -0.462. The van der Waals surface area contributed by atoms with E-state index in [9.17, 15) is 14.4 Å². The van der Waals surface area contributed by atoms with Crippen LogP contribution in [0.4, 0.5) is 0 Å². The van der Waals surface area contributed by atoms with Crippen LogP contribution in [0, 0.1) is 11.8 Å². The molecule has 0 aliphatic carbocycles. The molecule has 10 heteroatoms. The van der Waals surface area contributed by atoms with Crippen molar-refractivity contribution in [2.45, 2.75) is 52.5 Å². The third-order valence-corrected chi connectivity index (χ3v) is 7.71. The SMILES string of the molecule is CC1=CC(C)=NC(=O)C1CNC(=O)c1cc(C2CCN(C(=O)C3CNC3)CC2)nc2c1cnn2C(C)C. The van der Waals surface area contributed by atoms with Crippen LogP contribution in [-0.2, 0) is 9.59 Å². The van der Waals surface area contributed by atoms with Crippen molar-refractivity contribution >= 4 is 34.5 Å². The number of aromatic nitrogens is 3. The summed E-state index contributed by atoms with van der Waals surface area (Å²) in [7, 11) is 0. The summed E-state index contributed by atoms with van der Waals surface area (Å²) in [5.41, 5.74) is 3.62. The van der Waals surface area contributed by atoms with E-state index >= 15 is 0 Å². The van der Waals surface area contributed by atoms with Gasteiger partial charge >= 0.3 is 0 Å². The van der Waals surface area contributed by atoms with Gasteiger partial charge in [-0.15, -0.1) is 0 Å². The summed E-state index contributed by atoms with van der Waals surface area (Å²) in [5.74, 6) is -0.461. The molecule has 196 valence electrons. The number of pyridine rings is 1. The number of carbonyl (C=O) groups excluding carboxylic acids is 3. The molecule has 2 fully saturated rings. The van der Waals surface area contributed by atoms with Crippen LogP contribution in [0.25, 0.3) is 11.0 Å². The summed E-state index contributed by atoms with van der Waals surface area (Å²) in [6.07, 6.45) is 5.18. The summed E-state index contributed by atoms with van der Waals surface area (Å²) in [6.45, 7) is 10.9. The molecule has 1 atom stereocenters. The lowest BCUT2D eigenvalue weighted by Gasteiger charge is -2.36. The number of carbonyl (C=O) groups is 3. The van der Waals surface area contributed by atoms with Gasteiger partial charge in [0.2, 0.25) is 5.91 Å². The molecule has 2 aromatic rings. The van der Waals surface area contributed by atoms with Crippen LogP contribution < -0.4 is 10.6 Å². The van der Waals surface area contributed by atoms with Crippen molar-refractivity contribution in [3.8, 4) is 0 Å². The van der Waals surface area contributed by atoms with E-state index in [4.69, 9.17) is 4.98 Å². The molecule has 0 spiro atoms. The molecule has 0 bridgehead atoms. The summed E-state index contributed by atoms with van der Waals surface area (Å²) < 4.78 is 1.84. The Balaban J connectivity index is 1.37. The Morgan fingerprint density at radius 3 is 2.54 bits per heavy atom. The van der Waals surface area contributed by atoms with E-state index in [1.165, 1.54) is 0 Å². The number of nitrogens with one attached hydrogen (secondary N) is 2. The van der Waals surface area contributed by atoms with Gasteiger partial charge in [-0.1, -0.05) is 5.57 Å². The predicted molar refractivity (Wildman–Crippen MR) is 141 cm³/mol. The molecule has 3 aliphatic rings. The van der Waals surface area contributed by atoms with Crippen molar-refractivity contribution in [3.05, 3.63) is 35.2 Å². The number of aliphatic imine (C=N–C) groups is 1. The molecule has 2 N–H and O–H groups in total. The first-order chi connectivity index (χ1) is 17.7. The van der Waals surface area contributed by atoms with Crippen LogP contribution >= 0.6 is 0 Å². The van der Waals surface area contributed by atoms with Gasteiger partial charge in [0.05, 0.1) is 29.0 Å². The smallest absolute Gasteiger partial charge is 0.254 e. The molecular formula is C27H35N7O3. The number of hydrogen-bond donors (Lipinski definition) is 2. The zero-order chi connectivity index (χ0) is 26.3. The minimum Gasteiger partial charge on any atom is -0.351 e. The highest BCUT2D eigenvalue weighted by atomic mass is 16.2. The third-order valence-electron chi connectivity index (χ3n) is 7.71. The molecule has 0 radical (unpaired) electrons. The Morgan fingerprint density at radius 1 is 1.19 bits per heavy atom. The number of nitrogens with zero attached hydrogens (tertiary/aromatic N) is 5. The number of fused-ring (bicyclic) bond motifs is 1. The summed E-state index contributed by atoms with van der Waals surface area (Å²) in [4.78, 5) is 49.5. The predicted octanol–water partition coefficient (Wildman–Crippen LogP) is 2.23. The fraction of sp³-hybridized carbons (Fsp3) is 0.556. The second-order valence-corrected chi connectivity index (χ2v) is 10.7. The van der Waals surface area contributed by atoms with Crippen LogP contribution in [0.2, 0.25) is 0 Å². The van der Waals surface area contributed by atoms with E-state index in [-0.39, 0.29) is 42.1 Å². The van der Waals surface area contributed by atoms with E-state index in [1.807, 2.05) is 42.5 Å². The minimum absolute atomic E-state index is 0.0838. The van der Waals surface area contributed by atoms with Crippen molar-refractivity contribution in [2.75, 3.05) is 32.7 Å². The second-order valence-electron chi connectivity index (χ2n) is 10.7. The van der Waals surface area contributed by atoms with Crippen LogP contribution in [0.1, 0.15) is 68.5 Å². The quantitative estimate of drug-likeness (QED) is 0.621. The number of amides is 3. The maximum absolute atomic E-state index is 13.4. The first-order valence-electron chi connectivity index (χ1n) is 13.2. The van der Waals surface area contributed by atoms with Gasteiger partial charge in [0, 0.05) is 56.1 Å². The van der Waals surface area contributed by atoms with Crippen LogP contribution in [0.15, 0.2) is 28.9 Å². The normalized spacial score (nSPS) is 21.2. The highest BCUT2D eigenvalue weighted by Gasteiger charge is 2.33. The number of allylic oxidation sites excluding steroid dienone is 1. The maximum atomic E-state index is 13.4. The average molecular weight is 506 g/mol. The van der Waals surface area contributed by atoms with Crippen molar-refractivity contribution in [2.24, 2.45) is 16.8 Å². The van der Waals surface area contributed by atoms with Crippen LogP contribution in [0.3, 0.4) is 0 Å². The van der Waals surface area contributed by atoms with E-state index in [2.05, 4.69) is 20.7 Å². The molecular weight excluding hydrogens is 470 g/mol. The highest BCUT2D eigenvalue weighted by molar-refractivity contribution is 6.07. The van der Waals surface area contributed by atoms with Gasteiger partial charge in [0.15, 0.2) is 5.65 Å². The summed E-state index contributed by atoms with van der Waals surface area (Å²) in [5, 5.41) is 11.3.